The Morgan fingerprint density at radius 2 is 2.28 bits per heavy atom. The highest BCUT2D eigenvalue weighted by Gasteiger charge is 2.26. The first kappa shape index (κ1) is 14.3. The van der Waals surface area contributed by atoms with Crippen molar-refractivity contribution < 1.29 is 8.42 Å². The van der Waals surface area contributed by atoms with E-state index in [0.717, 1.165) is 6.42 Å². The number of fused-ring (bicyclic) bond motifs is 1. The number of sulfonamides is 1. The van der Waals surface area contributed by atoms with E-state index in [1.165, 1.54) is 16.8 Å². The van der Waals surface area contributed by atoms with Gasteiger partial charge in [0.2, 0.25) is 10.0 Å². The summed E-state index contributed by atoms with van der Waals surface area (Å²) in [7, 11) is -1.66. The highest BCUT2D eigenvalue weighted by Crippen LogP contribution is 2.43. The van der Waals surface area contributed by atoms with E-state index in [1.807, 2.05) is 11.8 Å². The Morgan fingerprint density at radius 1 is 1.50 bits per heavy atom. The van der Waals surface area contributed by atoms with Crippen LogP contribution in [0.2, 0.25) is 0 Å². The lowest BCUT2D eigenvalue weighted by Gasteiger charge is -2.27. The summed E-state index contributed by atoms with van der Waals surface area (Å²) in [5.41, 5.74) is 1.32. The molecule has 1 unspecified atom stereocenters. The third-order valence-electron chi connectivity index (χ3n) is 2.98. The van der Waals surface area contributed by atoms with E-state index in [1.54, 1.807) is 11.3 Å². The van der Waals surface area contributed by atoms with Gasteiger partial charge in [-0.3, -0.25) is 0 Å². The maximum Gasteiger partial charge on any atom is 0.212 e. The van der Waals surface area contributed by atoms with Crippen LogP contribution in [0.15, 0.2) is 15.7 Å². The fourth-order valence-corrected chi connectivity index (χ4v) is 5.17. The standard InChI is InChI=1S/C11H18N2O2S3/c1-8-7-10(9-3-5-16-11(9)17-8)13-4-6-18(14,15)12-2/h3,5,8,10,12-13H,4,6-7H2,1-2H3/t8-,10?/m0/s1. The molecule has 0 radical (unpaired) electrons. The van der Waals surface area contributed by atoms with Crippen LogP contribution in [0.1, 0.15) is 24.9 Å². The van der Waals surface area contributed by atoms with Gasteiger partial charge in [0, 0.05) is 17.8 Å². The fourth-order valence-electron chi connectivity index (χ4n) is 2.01. The first-order valence-corrected chi connectivity index (χ1v) is 9.31. The molecule has 4 nitrogen and oxygen atoms in total. The zero-order valence-corrected chi connectivity index (χ0v) is 12.9. The van der Waals surface area contributed by atoms with Crippen molar-refractivity contribution in [2.45, 2.75) is 28.8 Å². The lowest BCUT2D eigenvalue weighted by molar-refractivity contribution is 0.500. The Hall–Kier alpha value is -0.0800. The molecule has 0 amide bonds. The van der Waals surface area contributed by atoms with Crippen LogP contribution in [0.5, 0.6) is 0 Å². The van der Waals surface area contributed by atoms with Crippen LogP contribution in [0.4, 0.5) is 0 Å². The van der Waals surface area contributed by atoms with Crippen LogP contribution in [-0.4, -0.2) is 33.0 Å². The maximum atomic E-state index is 11.3. The van der Waals surface area contributed by atoms with Gasteiger partial charge in [-0.25, -0.2) is 13.1 Å². The van der Waals surface area contributed by atoms with Crippen LogP contribution in [0.25, 0.3) is 0 Å². The van der Waals surface area contributed by atoms with Crippen molar-refractivity contribution in [3.8, 4) is 0 Å². The zero-order chi connectivity index (χ0) is 13.2. The molecule has 0 saturated carbocycles. The van der Waals surface area contributed by atoms with Crippen LogP contribution in [0.3, 0.4) is 0 Å². The minimum Gasteiger partial charge on any atom is -0.309 e. The Labute approximate surface area is 117 Å². The van der Waals surface area contributed by atoms with Crippen molar-refractivity contribution >= 4 is 33.1 Å². The molecule has 102 valence electrons. The van der Waals surface area contributed by atoms with E-state index in [0.29, 0.717) is 11.8 Å². The SMILES string of the molecule is CNS(=O)(=O)CCNC1C[C@H](C)Sc2sccc21. The molecule has 1 aliphatic heterocycles. The predicted molar refractivity (Wildman–Crippen MR) is 77.8 cm³/mol. The van der Waals surface area contributed by atoms with Gasteiger partial charge in [0.25, 0.3) is 0 Å². The quantitative estimate of drug-likeness (QED) is 0.871. The van der Waals surface area contributed by atoms with Gasteiger partial charge < -0.3 is 5.32 Å². The summed E-state index contributed by atoms with van der Waals surface area (Å²) in [6.07, 6.45) is 1.05. The average molecular weight is 306 g/mol. The number of rotatable bonds is 5. The smallest absolute Gasteiger partial charge is 0.212 e. The molecule has 0 bridgehead atoms. The summed E-state index contributed by atoms with van der Waals surface area (Å²) in [6.45, 7) is 2.70. The lowest BCUT2D eigenvalue weighted by Crippen LogP contribution is -2.33. The van der Waals surface area contributed by atoms with Crippen molar-refractivity contribution in [3.63, 3.8) is 0 Å². The monoisotopic (exact) mass is 306 g/mol. The van der Waals surface area contributed by atoms with Crippen LogP contribution in [0, 0.1) is 0 Å². The minimum atomic E-state index is -3.11. The topological polar surface area (TPSA) is 58.2 Å². The van der Waals surface area contributed by atoms with Gasteiger partial charge in [0.1, 0.15) is 0 Å². The molecule has 0 fully saturated rings. The van der Waals surface area contributed by atoms with Crippen molar-refractivity contribution in [2.24, 2.45) is 0 Å². The van der Waals surface area contributed by atoms with Crippen LogP contribution >= 0.6 is 23.1 Å². The summed E-state index contributed by atoms with van der Waals surface area (Å²) in [4.78, 5) is 0. The molecule has 2 atom stereocenters. The number of thioether (sulfide) groups is 1. The summed E-state index contributed by atoms with van der Waals surface area (Å²) in [6, 6.07) is 2.43. The van der Waals surface area contributed by atoms with Gasteiger partial charge >= 0.3 is 0 Å². The Bertz CT molecular complexity index is 498. The van der Waals surface area contributed by atoms with E-state index in [9.17, 15) is 8.42 Å². The van der Waals surface area contributed by atoms with Crippen LogP contribution in [-0.2, 0) is 10.0 Å². The Balaban J connectivity index is 1.95. The van der Waals surface area contributed by atoms with E-state index < -0.39 is 10.0 Å². The second kappa shape index (κ2) is 5.92. The zero-order valence-electron chi connectivity index (χ0n) is 10.5. The van der Waals surface area contributed by atoms with E-state index in [-0.39, 0.29) is 11.8 Å². The fraction of sp³-hybridized carbons (Fsp3) is 0.636. The van der Waals surface area contributed by atoms with E-state index in [2.05, 4.69) is 28.4 Å². The van der Waals surface area contributed by atoms with Crippen molar-refractivity contribution in [1.82, 2.24) is 10.0 Å². The van der Waals surface area contributed by atoms with Gasteiger partial charge in [-0.15, -0.1) is 23.1 Å². The van der Waals surface area contributed by atoms with Gasteiger partial charge in [-0.05, 0) is 30.5 Å². The van der Waals surface area contributed by atoms with Crippen molar-refractivity contribution in [3.05, 3.63) is 17.0 Å². The molecule has 1 aromatic heterocycles. The van der Waals surface area contributed by atoms with Crippen LogP contribution < -0.4 is 10.0 Å². The molecular weight excluding hydrogens is 288 g/mol. The Morgan fingerprint density at radius 3 is 3.00 bits per heavy atom. The predicted octanol–water partition coefficient (Wildman–Crippen LogP) is 1.81. The van der Waals surface area contributed by atoms with E-state index in [4.69, 9.17) is 0 Å². The molecule has 0 aromatic carbocycles. The highest BCUT2D eigenvalue weighted by atomic mass is 32.2. The molecular formula is C11H18N2O2S3. The third kappa shape index (κ3) is 3.48. The second-order valence-corrected chi connectivity index (χ2v) is 9.03. The molecule has 1 aliphatic rings. The van der Waals surface area contributed by atoms with Gasteiger partial charge in [-0.1, -0.05) is 6.92 Å². The lowest BCUT2D eigenvalue weighted by atomic mass is 10.1. The molecule has 2 heterocycles. The first-order chi connectivity index (χ1) is 8.52. The molecule has 7 heteroatoms. The van der Waals surface area contributed by atoms with Gasteiger partial charge in [-0.2, -0.15) is 0 Å². The van der Waals surface area contributed by atoms with Crippen molar-refractivity contribution in [1.29, 1.82) is 0 Å². The first-order valence-electron chi connectivity index (χ1n) is 5.90. The molecule has 2 rings (SSSR count). The van der Waals surface area contributed by atoms with E-state index >= 15 is 0 Å². The third-order valence-corrected chi connectivity index (χ3v) is 6.69. The number of thiophene rings is 1. The van der Waals surface area contributed by atoms with Gasteiger partial charge in [0.05, 0.1) is 9.96 Å². The average Bonchev–Trinajstić information content (AvgIpc) is 2.76. The summed E-state index contributed by atoms with van der Waals surface area (Å²) >= 11 is 3.68. The molecule has 0 spiro atoms. The normalized spacial score (nSPS) is 23.9. The molecule has 0 saturated heterocycles. The molecule has 1 aromatic rings. The number of nitrogens with one attached hydrogen (secondary N) is 2. The Kier molecular flexibility index (Phi) is 4.71. The highest BCUT2D eigenvalue weighted by molar-refractivity contribution is 8.01. The number of hydrogen-bond donors (Lipinski definition) is 2. The molecule has 18 heavy (non-hydrogen) atoms. The number of hydrogen-bond acceptors (Lipinski definition) is 5. The minimum absolute atomic E-state index is 0.126. The van der Waals surface area contributed by atoms with Gasteiger partial charge in [0.15, 0.2) is 0 Å². The molecule has 2 N–H and O–H groups in total. The summed E-state index contributed by atoms with van der Waals surface area (Å²) < 4.78 is 26.4. The summed E-state index contributed by atoms with van der Waals surface area (Å²) in [5, 5.41) is 6.04. The largest absolute Gasteiger partial charge is 0.309 e. The second-order valence-electron chi connectivity index (χ2n) is 4.36. The summed E-state index contributed by atoms with van der Waals surface area (Å²) in [5.74, 6) is 0.126. The van der Waals surface area contributed by atoms with Crippen molar-refractivity contribution in [2.75, 3.05) is 19.3 Å². The molecule has 0 aliphatic carbocycles. The maximum absolute atomic E-state index is 11.3.